The summed E-state index contributed by atoms with van der Waals surface area (Å²) in [5, 5.41) is 30.1. The van der Waals surface area contributed by atoms with Crippen LogP contribution in [0.1, 0.15) is 0 Å². The van der Waals surface area contributed by atoms with Crippen LogP contribution in [0.15, 0.2) is 52.9 Å². The van der Waals surface area contributed by atoms with Crippen LogP contribution < -0.4 is 0 Å². The van der Waals surface area contributed by atoms with E-state index in [2.05, 4.69) is 0 Å². The molecule has 0 amide bonds. The van der Waals surface area contributed by atoms with E-state index in [0.29, 0.717) is 22.3 Å². The van der Waals surface area contributed by atoms with Crippen molar-refractivity contribution in [1.82, 2.24) is 0 Å². The van der Waals surface area contributed by atoms with Gasteiger partial charge in [-0.2, -0.15) is 0 Å². The lowest BCUT2D eigenvalue weighted by molar-refractivity contribution is -0.384. The summed E-state index contributed by atoms with van der Waals surface area (Å²) in [5.74, 6) is 0.0216. The van der Waals surface area contributed by atoms with E-state index in [9.17, 15) is 20.3 Å². The van der Waals surface area contributed by atoms with E-state index >= 15 is 0 Å². The van der Waals surface area contributed by atoms with E-state index in [1.807, 2.05) is 0 Å². The fourth-order valence-corrected chi connectivity index (χ4v) is 2.02. The molecule has 3 rings (SSSR count). The van der Waals surface area contributed by atoms with Crippen molar-refractivity contribution in [3.63, 3.8) is 0 Å². The number of rotatable bonds is 2. The lowest BCUT2D eigenvalue weighted by Gasteiger charge is -1.98. The highest BCUT2D eigenvalue weighted by Gasteiger charge is 2.18. The molecule has 0 atom stereocenters. The molecule has 21 heavy (non-hydrogen) atoms. The molecular formula is C15H10NO5+. The maximum Gasteiger partial charge on any atom is 0.361 e. The number of nitro benzene ring substituents is 1. The van der Waals surface area contributed by atoms with Gasteiger partial charge in [-0.3, -0.25) is 10.1 Å². The van der Waals surface area contributed by atoms with Gasteiger partial charge in [0.25, 0.3) is 5.69 Å². The van der Waals surface area contributed by atoms with Crippen molar-refractivity contribution in [2.75, 3.05) is 0 Å². The van der Waals surface area contributed by atoms with Crippen LogP contribution in [-0.4, -0.2) is 15.1 Å². The molecule has 0 aliphatic heterocycles. The van der Waals surface area contributed by atoms with E-state index in [0.717, 1.165) is 0 Å². The standard InChI is InChI=1S/C15H9NO5/c17-12-4-1-10(8-13(12)18)14-5-2-9-7-11(16(19)20)3-6-15(9)21-14/h1-8H,(H-,17,18)/p+1. The summed E-state index contributed by atoms with van der Waals surface area (Å²) in [6.45, 7) is 0. The molecule has 6 heteroatoms. The van der Waals surface area contributed by atoms with Gasteiger partial charge in [0, 0.05) is 24.3 Å². The Morgan fingerprint density at radius 1 is 0.952 bits per heavy atom. The van der Waals surface area contributed by atoms with E-state index in [1.54, 1.807) is 18.2 Å². The van der Waals surface area contributed by atoms with Crippen LogP contribution in [-0.2, 0) is 0 Å². The summed E-state index contributed by atoms with van der Waals surface area (Å²) < 4.78 is 5.66. The molecule has 0 saturated heterocycles. The maximum absolute atomic E-state index is 10.7. The van der Waals surface area contributed by atoms with E-state index in [4.69, 9.17) is 4.42 Å². The van der Waals surface area contributed by atoms with Crippen molar-refractivity contribution in [1.29, 1.82) is 0 Å². The maximum atomic E-state index is 10.7. The highest BCUT2D eigenvalue weighted by Crippen LogP contribution is 2.32. The zero-order valence-electron chi connectivity index (χ0n) is 10.7. The third-order valence-corrected chi connectivity index (χ3v) is 3.10. The molecule has 6 nitrogen and oxygen atoms in total. The number of hydrogen-bond donors (Lipinski definition) is 2. The Morgan fingerprint density at radius 2 is 1.76 bits per heavy atom. The summed E-state index contributed by atoms with van der Waals surface area (Å²) in [5.41, 5.74) is 1.07. The predicted molar refractivity (Wildman–Crippen MR) is 76.0 cm³/mol. The van der Waals surface area contributed by atoms with Gasteiger partial charge in [-0.25, -0.2) is 4.42 Å². The van der Waals surface area contributed by atoms with E-state index in [-0.39, 0.29) is 17.2 Å². The summed E-state index contributed by atoms with van der Waals surface area (Å²) >= 11 is 0. The molecule has 0 radical (unpaired) electrons. The van der Waals surface area contributed by atoms with E-state index < -0.39 is 4.92 Å². The second-order valence-corrected chi connectivity index (χ2v) is 4.48. The molecule has 0 bridgehead atoms. The molecule has 104 valence electrons. The fourth-order valence-electron chi connectivity index (χ4n) is 2.02. The number of phenols is 2. The Kier molecular flexibility index (Phi) is 2.91. The van der Waals surface area contributed by atoms with Crippen LogP contribution in [0.25, 0.3) is 22.3 Å². The Balaban J connectivity index is 2.10. The van der Waals surface area contributed by atoms with Crippen molar-refractivity contribution >= 4 is 16.7 Å². The van der Waals surface area contributed by atoms with Crippen molar-refractivity contribution in [2.24, 2.45) is 0 Å². The minimum atomic E-state index is -0.467. The predicted octanol–water partition coefficient (Wildman–Crippen LogP) is 3.70. The fraction of sp³-hybridized carbons (Fsp3) is 0. The van der Waals surface area contributed by atoms with Crippen LogP contribution in [0.5, 0.6) is 11.5 Å². The molecule has 0 fully saturated rings. The number of aromatic hydroxyl groups is 2. The van der Waals surface area contributed by atoms with Crippen LogP contribution in [0, 0.1) is 10.1 Å². The third-order valence-electron chi connectivity index (χ3n) is 3.10. The monoisotopic (exact) mass is 284 g/mol. The molecule has 0 aliphatic carbocycles. The van der Waals surface area contributed by atoms with Gasteiger partial charge in [-0.05, 0) is 18.2 Å². The summed E-state index contributed by atoms with van der Waals surface area (Å²) in [6, 6.07) is 12.0. The van der Waals surface area contributed by atoms with Gasteiger partial charge in [0.15, 0.2) is 11.5 Å². The van der Waals surface area contributed by atoms with Gasteiger partial charge < -0.3 is 10.2 Å². The van der Waals surface area contributed by atoms with Gasteiger partial charge in [-0.1, -0.05) is 0 Å². The SMILES string of the molecule is O=[N+]([O-])c1ccc2[o+]c(-c3ccc(O)c(O)c3)ccc2c1. The number of nitrogens with zero attached hydrogens (tertiary/aromatic N) is 1. The van der Waals surface area contributed by atoms with Gasteiger partial charge in [0.2, 0.25) is 0 Å². The second-order valence-electron chi connectivity index (χ2n) is 4.48. The van der Waals surface area contributed by atoms with Crippen LogP contribution in [0.4, 0.5) is 5.69 Å². The van der Waals surface area contributed by atoms with Crippen molar-refractivity contribution in [3.8, 4) is 22.8 Å². The lowest BCUT2D eigenvalue weighted by Crippen LogP contribution is -1.87. The first kappa shape index (κ1) is 12.9. The molecule has 3 aromatic rings. The summed E-state index contributed by atoms with van der Waals surface area (Å²) in [6.07, 6.45) is 0. The first-order chi connectivity index (χ1) is 10.0. The Hall–Kier alpha value is -3.15. The molecule has 2 N–H and O–H groups in total. The second kappa shape index (κ2) is 4.75. The normalized spacial score (nSPS) is 10.7. The Labute approximate surface area is 118 Å². The van der Waals surface area contributed by atoms with Crippen molar-refractivity contribution in [3.05, 3.63) is 58.6 Å². The largest absolute Gasteiger partial charge is 0.504 e. The molecule has 0 spiro atoms. The van der Waals surface area contributed by atoms with Crippen molar-refractivity contribution < 1.29 is 19.6 Å². The van der Waals surface area contributed by atoms with Crippen molar-refractivity contribution in [2.45, 2.75) is 0 Å². The number of hydrogen-bond acceptors (Lipinski definition) is 4. The molecule has 0 aliphatic rings. The number of nitro groups is 1. The molecular weight excluding hydrogens is 274 g/mol. The molecule has 0 unspecified atom stereocenters. The molecule has 2 aromatic carbocycles. The number of fused-ring (bicyclic) bond motifs is 1. The van der Waals surface area contributed by atoms with E-state index in [1.165, 1.54) is 30.3 Å². The number of phenolic OH excluding ortho intramolecular Hbond substituents is 2. The van der Waals surface area contributed by atoms with Crippen LogP contribution in [0.3, 0.4) is 0 Å². The smallest absolute Gasteiger partial charge is 0.361 e. The lowest BCUT2D eigenvalue weighted by atomic mass is 10.1. The average Bonchev–Trinajstić information content (AvgIpc) is 2.49. The highest BCUT2D eigenvalue weighted by atomic mass is 16.6. The van der Waals surface area contributed by atoms with Gasteiger partial charge in [0.05, 0.1) is 21.9 Å². The number of benzene rings is 2. The third kappa shape index (κ3) is 2.34. The zero-order chi connectivity index (χ0) is 15.0. The minimum Gasteiger partial charge on any atom is -0.504 e. The van der Waals surface area contributed by atoms with Gasteiger partial charge in [0.1, 0.15) is 0 Å². The topological polar surface area (TPSA) is 94.9 Å². The highest BCUT2D eigenvalue weighted by molar-refractivity contribution is 5.81. The first-order valence-corrected chi connectivity index (χ1v) is 6.08. The quantitative estimate of drug-likeness (QED) is 0.324. The Bertz CT molecular complexity index is 860. The van der Waals surface area contributed by atoms with Gasteiger partial charge in [-0.15, -0.1) is 0 Å². The number of non-ortho nitro benzene ring substituents is 1. The Morgan fingerprint density at radius 3 is 2.48 bits per heavy atom. The summed E-state index contributed by atoms with van der Waals surface area (Å²) in [4.78, 5) is 10.3. The molecule has 1 aromatic heterocycles. The molecule has 0 saturated carbocycles. The first-order valence-electron chi connectivity index (χ1n) is 6.08. The molecule has 1 heterocycles. The van der Waals surface area contributed by atoms with Crippen LogP contribution in [0.2, 0.25) is 0 Å². The minimum absolute atomic E-state index is 0.00673. The summed E-state index contributed by atoms with van der Waals surface area (Å²) in [7, 11) is 0. The van der Waals surface area contributed by atoms with Gasteiger partial charge >= 0.3 is 11.3 Å². The zero-order valence-corrected chi connectivity index (χ0v) is 10.7. The average molecular weight is 284 g/mol. The van der Waals surface area contributed by atoms with Crippen LogP contribution >= 0.6 is 0 Å².